The number of carboxylic acids is 1. The van der Waals surface area contributed by atoms with Gasteiger partial charge >= 0.3 is 5.97 Å². The Bertz CT molecular complexity index is 582. The molecule has 1 amide bonds. The average molecular weight is 317 g/mol. The molecule has 2 aliphatic rings. The molecular formula is C18H23NO4. The summed E-state index contributed by atoms with van der Waals surface area (Å²) in [5, 5.41) is 9.54. The molecule has 2 atom stereocenters. The van der Waals surface area contributed by atoms with Gasteiger partial charge in [-0.1, -0.05) is 30.3 Å². The van der Waals surface area contributed by atoms with Gasteiger partial charge in [-0.05, 0) is 25.3 Å². The van der Waals surface area contributed by atoms with Crippen LogP contribution >= 0.6 is 0 Å². The van der Waals surface area contributed by atoms with Crippen LogP contribution in [0.25, 0.3) is 0 Å². The van der Waals surface area contributed by atoms with Crippen LogP contribution in [0.3, 0.4) is 0 Å². The van der Waals surface area contributed by atoms with Crippen LogP contribution in [0.4, 0.5) is 0 Å². The van der Waals surface area contributed by atoms with E-state index in [1.807, 2.05) is 37.3 Å². The van der Waals surface area contributed by atoms with Crippen LogP contribution in [0.2, 0.25) is 0 Å². The quantitative estimate of drug-likeness (QED) is 0.873. The molecule has 5 nitrogen and oxygen atoms in total. The number of carbonyl (C=O) groups is 2. The Morgan fingerprint density at radius 2 is 1.96 bits per heavy atom. The third-order valence-corrected chi connectivity index (χ3v) is 5.04. The molecule has 0 unspecified atom stereocenters. The molecule has 2 fully saturated rings. The van der Waals surface area contributed by atoms with Crippen LogP contribution in [0.15, 0.2) is 30.3 Å². The molecule has 5 heteroatoms. The highest BCUT2D eigenvalue weighted by atomic mass is 16.5. The molecule has 1 N–H and O–H groups in total. The fraction of sp³-hybridized carbons (Fsp3) is 0.556. The van der Waals surface area contributed by atoms with E-state index in [0.717, 1.165) is 18.4 Å². The van der Waals surface area contributed by atoms with E-state index in [1.54, 1.807) is 4.90 Å². The highest BCUT2D eigenvalue weighted by molar-refractivity contribution is 5.87. The first-order valence-corrected chi connectivity index (χ1v) is 8.22. The monoisotopic (exact) mass is 317 g/mol. The van der Waals surface area contributed by atoms with Gasteiger partial charge in [-0.3, -0.25) is 9.59 Å². The van der Waals surface area contributed by atoms with Crippen LogP contribution in [0, 0.1) is 11.3 Å². The molecule has 1 saturated carbocycles. The maximum absolute atomic E-state index is 12.8. The van der Waals surface area contributed by atoms with Crippen LogP contribution in [-0.2, 0) is 14.3 Å². The lowest BCUT2D eigenvalue weighted by molar-refractivity contribution is -0.142. The number of carbonyl (C=O) groups excluding carboxylic acids is 1. The number of nitrogens with zero attached hydrogens (tertiary/aromatic N) is 1. The normalized spacial score (nSPS) is 25.3. The van der Waals surface area contributed by atoms with Crippen LogP contribution in [0.1, 0.15) is 31.2 Å². The molecule has 23 heavy (non-hydrogen) atoms. The standard InChI is InChI=1S/C18H23NO4/c1-2-23-12-18(8-9-18)17(22)19-10-14(15(11-19)16(20)21)13-6-4-3-5-7-13/h3-7,14-15H,2,8-12H2,1H3,(H,20,21)/t14-,15-/m0/s1. The smallest absolute Gasteiger partial charge is 0.308 e. The number of aliphatic carboxylic acids is 1. The van der Waals surface area contributed by atoms with Gasteiger partial charge in [-0.15, -0.1) is 0 Å². The van der Waals surface area contributed by atoms with Crippen molar-refractivity contribution >= 4 is 11.9 Å². The fourth-order valence-corrected chi connectivity index (χ4v) is 3.46. The van der Waals surface area contributed by atoms with Crippen molar-refractivity contribution in [2.45, 2.75) is 25.7 Å². The molecule has 1 aliphatic heterocycles. The number of amides is 1. The summed E-state index contributed by atoms with van der Waals surface area (Å²) in [7, 11) is 0. The van der Waals surface area contributed by atoms with Crippen molar-refractivity contribution in [1.29, 1.82) is 0 Å². The second-order valence-corrected chi connectivity index (χ2v) is 6.59. The van der Waals surface area contributed by atoms with Crippen molar-refractivity contribution in [3.8, 4) is 0 Å². The molecule has 1 aromatic carbocycles. The number of hydrogen-bond acceptors (Lipinski definition) is 3. The van der Waals surface area contributed by atoms with E-state index in [9.17, 15) is 14.7 Å². The van der Waals surface area contributed by atoms with Crippen LogP contribution in [-0.4, -0.2) is 48.2 Å². The van der Waals surface area contributed by atoms with Gasteiger partial charge < -0.3 is 14.7 Å². The van der Waals surface area contributed by atoms with E-state index in [2.05, 4.69) is 0 Å². The molecule has 1 aromatic rings. The number of carboxylic acid groups (broad SMARTS) is 1. The van der Waals surface area contributed by atoms with Gasteiger partial charge in [0, 0.05) is 25.6 Å². The van der Waals surface area contributed by atoms with Gasteiger partial charge in [-0.2, -0.15) is 0 Å². The first-order chi connectivity index (χ1) is 11.1. The minimum absolute atomic E-state index is 0.0654. The second-order valence-electron chi connectivity index (χ2n) is 6.59. The predicted octanol–water partition coefficient (Wildman–Crippen LogP) is 2.13. The van der Waals surface area contributed by atoms with E-state index in [1.165, 1.54) is 0 Å². The van der Waals surface area contributed by atoms with Crippen molar-refractivity contribution in [1.82, 2.24) is 4.90 Å². The lowest BCUT2D eigenvalue weighted by Gasteiger charge is -2.23. The molecular weight excluding hydrogens is 294 g/mol. The SMILES string of the molecule is CCOCC1(C(=O)N2C[C@H](C(=O)O)[C@H](c3ccccc3)C2)CC1. The summed E-state index contributed by atoms with van der Waals surface area (Å²) in [6, 6.07) is 9.63. The zero-order valence-electron chi connectivity index (χ0n) is 13.4. The van der Waals surface area contributed by atoms with Crippen molar-refractivity contribution in [2.24, 2.45) is 11.3 Å². The zero-order valence-corrected chi connectivity index (χ0v) is 13.4. The first kappa shape index (κ1) is 16.0. The van der Waals surface area contributed by atoms with Crippen molar-refractivity contribution in [3.63, 3.8) is 0 Å². The fourth-order valence-electron chi connectivity index (χ4n) is 3.46. The molecule has 0 radical (unpaired) electrons. The number of benzene rings is 1. The van der Waals surface area contributed by atoms with Gasteiger partial charge in [-0.25, -0.2) is 0 Å². The van der Waals surface area contributed by atoms with Gasteiger partial charge in [0.05, 0.1) is 17.9 Å². The topological polar surface area (TPSA) is 66.8 Å². The second kappa shape index (κ2) is 6.32. The third kappa shape index (κ3) is 3.11. The Kier molecular flexibility index (Phi) is 4.39. The lowest BCUT2D eigenvalue weighted by Crippen LogP contribution is -2.38. The first-order valence-electron chi connectivity index (χ1n) is 8.22. The Hall–Kier alpha value is -1.88. The summed E-state index contributed by atoms with van der Waals surface area (Å²) in [6.07, 6.45) is 1.69. The summed E-state index contributed by atoms with van der Waals surface area (Å²) in [5.41, 5.74) is 0.592. The minimum Gasteiger partial charge on any atom is -0.481 e. The van der Waals surface area contributed by atoms with E-state index in [0.29, 0.717) is 26.3 Å². The number of rotatable bonds is 6. The average Bonchev–Trinajstić information content (AvgIpc) is 3.22. The molecule has 1 heterocycles. The summed E-state index contributed by atoms with van der Waals surface area (Å²) in [6.45, 7) is 3.74. The number of ether oxygens (including phenoxy) is 1. The highest BCUT2D eigenvalue weighted by Crippen LogP contribution is 2.49. The molecule has 0 aromatic heterocycles. The molecule has 124 valence electrons. The number of likely N-dealkylation sites (tertiary alicyclic amines) is 1. The van der Waals surface area contributed by atoms with E-state index >= 15 is 0 Å². The van der Waals surface area contributed by atoms with E-state index < -0.39 is 17.3 Å². The lowest BCUT2D eigenvalue weighted by atomic mass is 9.89. The maximum atomic E-state index is 12.8. The van der Waals surface area contributed by atoms with E-state index in [-0.39, 0.29) is 11.8 Å². The Labute approximate surface area is 136 Å². The van der Waals surface area contributed by atoms with Gasteiger partial charge in [0.15, 0.2) is 0 Å². The van der Waals surface area contributed by atoms with Gasteiger partial charge in [0.2, 0.25) is 5.91 Å². The summed E-state index contributed by atoms with van der Waals surface area (Å²) in [4.78, 5) is 26.2. The molecule has 1 aliphatic carbocycles. The van der Waals surface area contributed by atoms with Crippen LogP contribution < -0.4 is 0 Å². The van der Waals surface area contributed by atoms with E-state index in [4.69, 9.17) is 4.74 Å². The predicted molar refractivity (Wildman–Crippen MR) is 85.0 cm³/mol. The molecule has 3 rings (SSSR count). The molecule has 1 saturated heterocycles. The number of hydrogen-bond donors (Lipinski definition) is 1. The van der Waals surface area contributed by atoms with Gasteiger partial charge in [0.25, 0.3) is 0 Å². The Morgan fingerprint density at radius 1 is 1.26 bits per heavy atom. The summed E-state index contributed by atoms with van der Waals surface area (Å²) in [5.74, 6) is -1.44. The molecule has 0 bridgehead atoms. The minimum atomic E-state index is -0.830. The third-order valence-electron chi connectivity index (χ3n) is 5.04. The van der Waals surface area contributed by atoms with Crippen molar-refractivity contribution in [3.05, 3.63) is 35.9 Å². The highest BCUT2D eigenvalue weighted by Gasteiger charge is 2.54. The maximum Gasteiger partial charge on any atom is 0.308 e. The van der Waals surface area contributed by atoms with Crippen LogP contribution in [0.5, 0.6) is 0 Å². The Morgan fingerprint density at radius 3 is 2.52 bits per heavy atom. The summed E-state index contributed by atoms with van der Waals surface area (Å²) >= 11 is 0. The largest absolute Gasteiger partial charge is 0.481 e. The summed E-state index contributed by atoms with van der Waals surface area (Å²) < 4.78 is 5.46. The van der Waals surface area contributed by atoms with Crippen molar-refractivity contribution < 1.29 is 19.4 Å². The zero-order chi connectivity index (χ0) is 16.4. The Balaban J connectivity index is 1.76. The van der Waals surface area contributed by atoms with Gasteiger partial charge in [0.1, 0.15) is 0 Å². The van der Waals surface area contributed by atoms with Crippen molar-refractivity contribution in [2.75, 3.05) is 26.3 Å². The molecule has 0 spiro atoms.